The van der Waals surface area contributed by atoms with E-state index in [-0.39, 0.29) is 17.9 Å². The lowest BCUT2D eigenvalue weighted by Crippen LogP contribution is -2.41. The van der Waals surface area contributed by atoms with E-state index in [9.17, 15) is 4.79 Å². The fraction of sp³-hybridized carbons (Fsp3) is 0.636. The van der Waals surface area contributed by atoms with E-state index in [2.05, 4.69) is 15.3 Å². The van der Waals surface area contributed by atoms with Crippen LogP contribution < -0.4 is 5.32 Å². The van der Waals surface area contributed by atoms with Crippen LogP contribution >= 0.6 is 0 Å². The Morgan fingerprint density at radius 1 is 1.62 bits per heavy atom. The standard InChI is InChI=1S/C11H19N3O2/c1-7(2)10(11(15)16-4)12-5-9-8(3)13-6-14-9/h6-7,10,12H,5H2,1-4H3,(H,13,14)/t10-/m0/s1. The molecule has 0 aliphatic carbocycles. The third kappa shape index (κ3) is 3.06. The molecule has 0 aliphatic rings. The smallest absolute Gasteiger partial charge is 0.323 e. The number of H-pyrrole nitrogens is 1. The van der Waals surface area contributed by atoms with Crippen molar-refractivity contribution in [2.75, 3.05) is 7.11 Å². The van der Waals surface area contributed by atoms with E-state index in [1.54, 1.807) is 6.33 Å². The first-order chi connectivity index (χ1) is 7.56. The SMILES string of the molecule is COC(=O)[C@@H](NCc1nc[nH]c1C)C(C)C. The molecule has 1 atom stereocenters. The number of nitrogens with zero attached hydrogens (tertiary/aromatic N) is 1. The van der Waals surface area contributed by atoms with E-state index in [0.29, 0.717) is 6.54 Å². The normalized spacial score (nSPS) is 12.8. The number of methoxy groups -OCH3 is 1. The van der Waals surface area contributed by atoms with Crippen molar-refractivity contribution in [2.45, 2.75) is 33.4 Å². The van der Waals surface area contributed by atoms with Crippen molar-refractivity contribution >= 4 is 5.97 Å². The fourth-order valence-electron chi connectivity index (χ4n) is 1.49. The molecule has 2 N–H and O–H groups in total. The molecular formula is C11H19N3O2. The Labute approximate surface area is 95.6 Å². The fourth-order valence-corrected chi connectivity index (χ4v) is 1.49. The summed E-state index contributed by atoms with van der Waals surface area (Å²) in [5, 5.41) is 3.16. The zero-order valence-corrected chi connectivity index (χ0v) is 10.2. The zero-order valence-electron chi connectivity index (χ0n) is 10.2. The predicted octanol–water partition coefficient (Wildman–Crippen LogP) is 1.01. The van der Waals surface area contributed by atoms with Gasteiger partial charge in [-0.05, 0) is 12.8 Å². The molecule has 1 aromatic rings. The minimum absolute atomic E-state index is 0.187. The number of aromatic amines is 1. The van der Waals surface area contributed by atoms with Crippen LogP contribution in [0, 0.1) is 12.8 Å². The van der Waals surface area contributed by atoms with Crippen LogP contribution in [0.25, 0.3) is 0 Å². The van der Waals surface area contributed by atoms with E-state index in [0.717, 1.165) is 11.4 Å². The lowest BCUT2D eigenvalue weighted by Gasteiger charge is -2.19. The summed E-state index contributed by atoms with van der Waals surface area (Å²) in [6.45, 7) is 6.47. The molecule has 0 fully saturated rings. The molecule has 0 bridgehead atoms. The Bertz CT molecular complexity index is 347. The van der Waals surface area contributed by atoms with Crippen LogP contribution in [-0.4, -0.2) is 29.1 Å². The Hall–Kier alpha value is -1.36. The Morgan fingerprint density at radius 3 is 2.75 bits per heavy atom. The van der Waals surface area contributed by atoms with Crippen LogP contribution in [0.15, 0.2) is 6.33 Å². The lowest BCUT2D eigenvalue weighted by molar-refractivity contribution is -0.144. The molecule has 16 heavy (non-hydrogen) atoms. The number of hydrogen-bond donors (Lipinski definition) is 2. The summed E-state index contributed by atoms with van der Waals surface area (Å²) in [4.78, 5) is 18.6. The van der Waals surface area contributed by atoms with Gasteiger partial charge in [-0.15, -0.1) is 0 Å². The number of aromatic nitrogens is 2. The molecule has 5 heteroatoms. The second-order valence-corrected chi connectivity index (χ2v) is 4.10. The van der Waals surface area contributed by atoms with Gasteiger partial charge in [-0.1, -0.05) is 13.8 Å². The first kappa shape index (κ1) is 12.7. The maximum Gasteiger partial charge on any atom is 0.323 e. The quantitative estimate of drug-likeness (QED) is 0.734. The van der Waals surface area contributed by atoms with Gasteiger partial charge in [0, 0.05) is 12.2 Å². The largest absolute Gasteiger partial charge is 0.468 e. The Kier molecular flexibility index (Phi) is 4.49. The molecule has 0 aromatic carbocycles. The molecule has 0 aliphatic heterocycles. The number of rotatable bonds is 5. The molecule has 1 aromatic heterocycles. The summed E-state index contributed by atoms with van der Waals surface area (Å²) in [6, 6.07) is -0.291. The van der Waals surface area contributed by atoms with Crippen LogP contribution in [0.4, 0.5) is 0 Å². The number of esters is 1. The summed E-state index contributed by atoms with van der Waals surface area (Å²) in [5.74, 6) is -0.0464. The maximum atomic E-state index is 11.5. The van der Waals surface area contributed by atoms with Crippen molar-refractivity contribution in [3.05, 3.63) is 17.7 Å². The minimum atomic E-state index is -0.291. The van der Waals surface area contributed by atoms with Gasteiger partial charge in [0.2, 0.25) is 0 Å². The zero-order chi connectivity index (χ0) is 12.1. The first-order valence-electron chi connectivity index (χ1n) is 5.36. The van der Waals surface area contributed by atoms with E-state index < -0.39 is 0 Å². The summed E-state index contributed by atoms with van der Waals surface area (Å²) >= 11 is 0. The highest BCUT2D eigenvalue weighted by Crippen LogP contribution is 2.06. The Balaban J connectivity index is 2.57. The van der Waals surface area contributed by atoms with E-state index in [1.165, 1.54) is 7.11 Å². The van der Waals surface area contributed by atoms with Crippen LogP contribution in [0.3, 0.4) is 0 Å². The van der Waals surface area contributed by atoms with Gasteiger partial charge in [-0.2, -0.15) is 0 Å². The monoisotopic (exact) mass is 225 g/mol. The number of hydrogen-bond acceptors (Lipinski definition) is 4. The van der Waals surface area contributed by atoms with Gasteiger partial charge in [-0.25, -0.2) is 4.98 Å². The first-order valence-corrected chi connectivity index (χ1v) is 5.36. The molecule has 0 saturated carbocycles. The highest BCUT2D eigenvalue weighted by Gasteiger charge is 2.22. The van der Waals surface area contributed by atoms with Gasteiger partial charge in [-0.3, -0.25) is 10.1 Å². The number of imidazole rings is 1. The van der Waals surface area contributed by atoms with E-state index >= 15 is 0 Å². The predicted molar refractivity (Wildman–Crippen MR) is 60.8 cm³/mol. The van der Waals surface area contributed by atoms with Crippen molar-refractivity contribution in [1.82, 2.24) is 15.3 Å². The van der Waals surface area contributed by atoms with Crippen LogP contribution in [-0.2, 0) is 16.1 Å². The molecule has 1 rings (SSSR count). The summed E-state index contributed by atoms with van der Waals surface area (Å²) < 4.78 is 4.74. The molecule has 0 radical (unpaired) electrons. The van der Waals surface area contributed by atoms with Crippen LogP contribution in [0.5, 0.6) is 0 Å². The molecule has 0 amide bonds. The molecule has 5 nitrogen and oxygen atoms in total. The highest BCUT2D eigenvalue weighted by molar-refractivity contribution is 5.75. The lowest BCUT2D eigenvalue weighted by atomic mass is 10.0. The van der Waals surface area contributed by atoms with Gasteiger partial charge >= 0.3 is 5.97 Å². The van der Waals surface area contributed by atoms with Gasteiger partial charge in [0.1, 0.15) is 6.04 Å². The second-order valence-electron chi connectivity index (χ2n) is 4.10. The van der Waals surface area contributed by atoms with Gasteiger partial charge in [0.25, 0.3) is 0 Å². The van der Waals surface area contributed by atoms with Crippen molar-refractivity contribution in [2.24, 2.45) is 5.92 Å². The number of carbonyl (C=O) groups is 1. The number of aryl methyl sites for hydroxylation is 1. The van der Waals surface area contributed by atoms with Gasteiger partial charge < -0.3 is 9.72 Å². The molecule has 0 spiro atoms. The Morgan fingerprint density at radius 2 is 2.31 bits per heavy atom. The number of carbonyl (C=O) groups excluding carboxylic acids is 1. The van der Waals surface area contributed by atoms with E-state index in [1.807, 2.05) is 20.8 Å². The van der Waals surface area contributed by atoms with Crippen LogP contribution in [0.2, 0.25) is 0 Å². The van der Waals surface area contributed by atoms with E-state index in [4.69, 9.17) is 4.74 Å². The average Bonchev–Trinajstić information content (AvgIpc) is 2.64. The molecule has 0 saturated heterocycles. The highest BCUT2D eigenvalue weighted by atomic mass is 16.5. The third-order valence-electron chi connectivity index (χ3n) is 2.55. The summed E-state index contributed by atoms with van der Waals surface area (Å²) in [5.41, 5.74) is 1.94. The summed E-state index contributed by atoms with van der Waals surface area (Å²) in [7, 11) is 1.40. The minimum Gasteiger partial charge on any atom is -0.468 e. The van der Waals surface area contributed by atoms with Crippen molar-refractivity contribution in [1.29, 1.82) is 0 Å². The molecule has 90 valence electrons. The van der Waals surface area contributed by atoms with Crippen molar-refractivity contribution in [3.63, 3.8) is 0 Å². The average molecular weight is 225 g/mol. The maximum absolute atomic E-state index is 11.5. The van der Waals surface area contributed by atoms with Gasteiger partial charge in [0.15, 0.2) is 0 Å². The molecular weight excluding hydrogens is 206 g/mol. The number of nitrogens with one attached hydrogen (secondary N) is 2. The van der Waals surface area contributed by atoms with Crippen molar-refractivity contribution < 1.29 is 9.53 Å². The second kappa shape index (κ2) is 5.65. The van der Waals surface area contributed by atoms with Gasteiger partial charge in [0.05, 0.1) is 19.1 Å². The summed E-state index contributed by atoms with van der Waals surface area (Å²) in [6.07, 6.45) is 1.65. The number of ether oxygens (including phenoxy) is 1. The van der Waals surface area contributed by atoms with Crippen LogP contribution in [0.1, 0.15) is 25.2 Å². The molecule has 0 unspecified atom stereocenters. The topological polar surface area (TPSA) is 67.0 Å². The molecule has 1 heterocycles. The third-order valence-corrected chi connectivity index (χ3v) is 2.55. The van der Waals surface area contributed by atoms with Crippen molar-refractivity contribution in [3.8, 4) is 0 Å².